The van der Waals surface area contributed by atoms with E-state index in [9.17, 15) is 10.2 Å². The predicted molar refractivity (Wildman–Crippen MR) is 94.9 cm³/mol. The molecule has 0 aliphatic rings. The van der Waals surface area contributed by atoms with Gasteiger partial charge in [0.1, 0.15) is 11.5 Å². The summed E-state index contributed by atoms with van der Waals surface area (Å²) in [5.74, 6) is 0.521. The van der Waals surface area contributed by atoms with Gasteiger partial charge in [-0.3, -0.25) is 0 Å². The third-order valence-corrected chi connectivity index (χ3v) is 4.64. The van der Waals surface area contributed by atoms with Gasteiger partial charge in [0.05, 0.1) is 23.2 Å². The van der Waals surface area contributed by atoms with Gasteiger partial charge < -0.3 is 19.4 Å². The molecule has 3 aromatic heterocycles. The normalized spacial score (nSPS) is 11.8. The lowest BCUT2D eigenvalue weighted by atomic mass is 9.98. The van der Waals surface area contributed by atoms with Crippen molar-refractivity contribution in [2.24, 2.45) is 0 Å². The van der Waals surface area contributed by atoms with Crippen LogP contribution in [0.3, 0.4) is 0 Å². The molecule has 0 amide bonds. The van der Waals surface area contributed by atoms with E-state index in [1.54, 1.807) is 25.3 Å². The summed E-state index contributed by atoms with van der Waals surface area (Å²) in [4.78, 5) is 0. The van der Waals surface area contributed by atoms with Gasteiger partial charge in [-0.25, -0.2) is 0 Å². The molecule has 4 rings (SSSR count). The zero-order valence-corrected chi connectivity index (χ0v) is 13.7. The lowest BCUT2D eigenvalue weighted by Gasteiger charge is -2.06. The molecule has 1 aromatic carbocycles. The minimum absolute atomic E-state index is 0.253. The Morgan fingerprint density at radius 3 is 2.42 bits per heavy atom. The summed E-state index contributed by atoms with van der Waals surface area (Å²) >= 11 is 0. The second kappa shape index (κ2) is 5.42. The van der Waals surface area contributed by atoms with E-state index in [2.05, 4.69) is 11.3 Å². The number of phenolic OH excluding ortho intramolecular Hbond substituents is 1. The maximum absolute atomic E-state index is 10.3. The number of aryl methyl sites for hydroxylation is 1. The topological polar surface area (TPSA) is 54.1 Å². The number of nitrogens with zero attached hydrogens (tertiary/aromatic N) is 1. The highest BCUT2D eigenvalue weighted by Gasteiger charge is 2.22. The fourth-order valence-electron chi connectivity index (χ4n) is 3.66. The van der Waals surface area contributed by atoms with Crippen molar-refractivity contribution in [1.29, 1.82) is 0 Å². The molecule has 0 saturated carbocycles. The first-order chi connectivity index (χ1) is 11.7. The van der Waals surface area contributed by atoms with Crippen LogP contribution in [0.25, 0.3) is 27.7 Å². The van der Waals surface area contributed by atoms with Crippen molar-refractivity contribution >= 4 is 16.6 Å². The zero-order chi connectivity index (χ0) is 16.8. The molecule has 4 aromatic rings. The number of hydrogen-bond acceptors (Lipinski definition) is 3. The first-order valence-corrected chi connectivity index (χ1v) is 8.04. The van der Waals surface area contributed by atoms with E-state index in [1.165, 1.54) is 5.56 Å². The van der Waals surface area contributed by atoms with Gasteiger partial charge in [-0.1, -0.05) is 19.1 Å². The van der Waals surface area contributed by atoms with E-state index in [0.717, 1.165) is 39.7 Å². The number of hydrogen-bond donors (Lipinski definition) is 2. The molecule has 0 atom stereocenters. The van der Waals surface area contributed by atoms with Gasteiger partial charge in [0.2, 0.25) is 0 Å². The van der Waals surface area contributed by atoms with Crippen LogP contribution in [0.15, 0.2) is 42.5 Å². The number of benzene rings is 1. The number of pyridine rings is 1. The minimum Gasteiger partial charge on any atom is -0.508 e. The molecule has 4 nitrogen and oxygen atoms in total. The molecule has 0 aliphatic carbocycles. The van der Waals surface area contributed by atoms with Gasteiger partial charge in [0.15, 0.2) is 0 Å². The van der Waals surface area contributed by atoms with Crippen molar-refractivity contribution in [3.8, 4) is 22.6 Å². The molecule has 0 radical (unpaired) electrons. The van der Waals surface area contributed by atoms with E-state index in [4.69, 9.17) is 4.74 Å². The highest BCUT2D eigenvalue weighted by Crippen LogP contribution is 2.41. The monoisotopic (exact) mass is 321 g/mol. The summed E-state index contributed by atoms with van der Waals surface area (Å²) in [6, 6.07) is 13.0. The Bertz CT molecular complexity index is 1020. The Balaban J connectivity index is 2.16. The van der Waals surface area contributed by atoms with Crippen LogP contribution in [0.4, 0.5) is 0 Å². The third kappa shape index (κ3) is 1.96. The zero-order valence-electron chi connectivity index (χ0n) is 13.7. The summed E-state index contributed by atoms with van der Waals surface area (Å²) in [6.07, 6.45) is 0.879. The maximum atomic E-state index is 10.3. The molecule has 3 heterocycles. The van der Waals surface area contributed by atoms with Crippen LogP contribution in [-0.4, -0.2) is 21.7 Å². The van der Waals surface area contributed by atoms with Gasteiger partial charge in [-0.05, 0) is 47.9 Å². The quantitative estimate of drug-likeness (QED) is 0.588. The molecule has 0 spiro atoms. The second-order valence-electron chi connectivity index (χ2n) is 6.03. The van der Waals surface area contributed by atoms with Crippen molar-refractivity contribution in [2.75, 3.05) is 7.11 Å². The molecule has 0 bridgehead atoms. The first kappa shape index (κ1) is 14.8. The van der Waals surface area contributed by atoms with Crippen LogP contribution in [0, 0.1) is 0 Å². The average Bonchev–Trinajstić information content (AvgIpc) is 3.11. The number of aromatic nitrogens is 1. The van der Waals surface area contributed by atoms with Crippen molar-refractivity contribution in [2.45, 2.75) is 20.0 Å². The Hall–Kier alpha value is -2.72. The number of rotatable bonds is 4. The Morgan fingerprint density at radius 2 is 1.75 bits per heavy atom. The molecular formula is C20H19NO3. The third-order valence-electron chi connectivity index (χ3n) is 4.64. The van der Waals surface area contributed by atoms with Crippen molar-refractivity contribution in [3.63, 3.8) is 0 Å². The molecule has 0 saturated heterocycles. The molecule has 0 unspecified atom stereocenters. The molecule has 4 heteroatoms. The van der Waals surface area contributed by atoms with Crippen LogP contribution < -0.4 is 0 Å². The number of methoxy groups -OCH3 is 1. The van der Waals surface area contributed by atoms with E-state index >= 15 is 0 Å². The van der Waals surface area contributed by atoms with Crippen LogP contribution >= 0.6 is 0 Å². The Kier molecular flexibility index (Phi) is 3.36. The van der Waals surface area contributed by atoms with Crippen molar-refractivity contribution in [3.05, 3.63) is 53.6 Å². The van der Waals surface area contributed by atoms with E-state index in [0.29, 0.717) is 6.61 Å². The van der Waals surface area contributed by atoms with Gasteiger partial charge in [0.25, 0.3) is 0 Å². The smallest absolute Gasteiger partial charge is 0.139 e. The summed E-state index contributed by atoms with van der Waals surface area (Å²) in [5.41, 5.74) is 7.45. The van der Waals surface area contributed by atoms with Crippen LogP contribution in [0.2, 0.25) is 0 Å². The van der Waals surface area contributed by atoms with E-state index in [1.807, 2.05) is 24.3 Å². The van der Waals surface area contributed by atoms with Crippen molar-refractivity contribution < 1.29 is 14.9 Å². The van der Waals surface area contributed by atoms with Crippen molar-refractivity contribution in [1.82, 2.24) is 4.40 Å². The molecule has 2 N–H and O–H groups in total. The van der Waals surface area contributed by atoms with Gasteiger partial charge in [-0.2, -0.15) is 0 Å². The van der Waals surface area contributed by atoms with Crippen LogP contribution in [0.5, 0.6) is 11.5 Å². The van der Waals surface area contributed by atoms with Crippen LogP contribution in [0.1, 0.15) is 18.1 Å². The SMILES string of the molecule is CCc1c(-c2ccc(O)cc2)c2c(COC)cc3c(O)ccc1n32. The molecule has 0 fully saturated rings. The molecule has 0 aliphatic heterocycles. The van der Waals surface area contributed by atoms with Gasteiger partial charge in [-0.15, -0.1) is 0 Å². The number of aromatic hydroxyl groups is 2. The first-order valence-electron chi connectivity index (χ1n) is 8.04. The standard InChI is InChI=1S/C20H19NO3/c1-3-15-16-8-9-18(23)17-10-13(11-24-2)20(21(16)17)19(15)12-4-6-14(22)7-5-12/h4-10,22-23H,3,11H2,1-2H3. The lowest BCUT2D eigenvalue weighted by Crippen LogP contribution is -1.88. The van der Waals surface area contributed by atoms with Gasteiger partial charge in [0, 0.05) is 18.2 Å². The molecule has 24 heavy (non-hydrogen) atoms. The van der Waals surface area contributed by atoms with Gasteiger partial charge >= 0.3 is 0 Å². The summed E-state index contributed by atoms with van der Waals surface area (Å²) in [5, 5.41) is 19.9. The number of phenols is 1. The predicted octanol–water partition coefficient (Wildman–Crippen LogP) is 4.32. The van der Waals surface area contributed by atoms with E-state index in [-0.39, 0.29) is 11.5 Å². The summed E-state index contributed by atoms with van der Waals surface area (Å²) < 4.78 is 7.49. The van der Waals surface area contributed by atoms with E-state index < -0.39 is 0 Å². The largest absolute Gasteiger partial charge is 0.508 e. The molecule has 122 valence electrons. The lowest BCUT2D eigenvalue weighted by molar-refractivity contribution is 0.186. The minimum atomic E-state index is 0.253. The second-order valence-corrected chi connectivity index (χ2v) is 6.03. The average molecular weight is 321 g/mol. The summed E-state index contributed by atoms with van der Waals surface area (Å²) in [6.45, 7) is 2.62. The Labute approximate surface area is 139 Å². The highest BCUT2D eigenvalue weighted by molar-refractivity contribution is 5.98. The maximum Gasteiger partial charge on any atom is 0.139 e. The van der Waals surface area contributed by atoms with Crippen LogP contribution in [-0.2, 0) is 17.8 Å². The summed E-state index contributed by atoms with van der Waals surface area (Å²) in [7, 11) is 1.68. The fourth-order valence-corrected chi connectivity index (χ4v) is 3.66. The fraction of sp³-hybridized carbons (Fsp3) is 0.200. The highest BCUT2D eigenvalue weighted by atomic mass is 16.5. The Morgan fingerprint density at radius 1 is 1.00 bits per heavy atom. The number of ether oxygens (including phenoxy) is 1. The molecular weight excluding hydrogens is 302 g/mol.